The lowest BCUT2D eigenvalue weighted by Gasteiger charge is -2.32. The standard InChI is InChI=1S/C15H31NO/c1-6-15(7-2)16(12-13(3)4)11-9-8-10-14(5)17/h13,15H,6-12H2,1-5H3. The fourth-order valence-corrected chi connectivity index (χ4v) is 2.39. The largest absolute Gasteiger partial charge is 0.300 e. The molecule has 0 unspecified atom stereocenters. The molecule has 0 bridgehead atoms. The molecule has 102 valence electrons. The normalized spacial score (nSPS) is 11.8. The number of hydrogen-bond acceptors (Lipinski definition) is 2. The quantitative estimate of drug-likeness (QED) is 0.541. The van der Waals surface area contributed by atoms with Gasteiger partial charge in [-0.2, -0.15) is 0 Å². The van der Waals surface area contributed by atoms with Crippen molar-refractivity contribution in [2.75, 3.05) is 13.1 Å². The molecule has 2 heteroatoms. The monoisotopic (exact) mass is 241 g/mol. The van der Waals surface area contributed by atoms with Gasteiger partial charge in [-0.1, -0.05) is 27.7 Å². The van der Waals surface area contributed by atoms with Crippen molar-refractivity contribution in [3.8, 4) is 0 Å². The highest BCUT2D eigenvalue weighted by atomic mass is 16.1. The van der Waals surface area contributed by atoms with Crippen LogP contribution in [0.2, 0.25) is 0 Å². The summed E-state index contributed by atoms with van der Waals surface area (Å²) >= 11 is 0. The molecule has 0 aliphatic heterocycles. The highest BCUT2D eigenvalue weighted by Crippen LogP contribution is 2.13. The SMILES string of the molecule is CCC(CC)N(CCCCC(C)=O)CC(C)C. The minimum absolute atomic E-state index is 0.322. The van der Waals surface area contributed by atoms with E-state index in [1.54, 1.807) is 6.92 Å². The second-order valence-electron chi connectivity index (χ2n) is 5.52. The molecule has 0 radical (unpaired) electrons. The smallest absolute Gasteiger partial charge is 0.129 e. The molecule has 0 aromatic rings. The number of unbranched alkanes of at least 4 members (excludes halogenated alkanes) is 1. The van der Waals surface area contributed by atoms with E-state index in [2.05, 4.69) is 32.6 Å². The van der Waals surface area contributed by atoms with E-state index in [0.717, 1.165) is 37.8 Å². The summed E-state index contributed by atoms with van der Waals surface area (Å²) in [5, 5.41) is 0. The maximum atomic E-state index is 10.9. The number of hydrogen-bond donors (Lipinski definition) is 0. The zero-order chi connectivity index (χ0) is 13.3. The van der Waals surface area contributed by atoms with E-state index in [9.17, 15) is 4.79 Å². The number of carbonyl (C=O) groups is 1. The third-order valence-electron chi connectivity index (χ3n) is 3.28. The molecule has 0 aliphatic carbocycles. The van der Waals surface area contributed by atoms with Crippen molar-refractivity contribution >= 4 is 5.78 Å². The Morgan fingerprint density at radius 1 is 1.12 bits per heavy atom. The van der Waals surface area contributed by atoms with E-state index >= 15 is 0 Å². The molecule has 0 fully saturated rings. The number of carbonyl (C=O) groups excluding carboxylic acids is 1. The molecular weight excluding hydrogens is 210 g/mol. The second-order valence-corrected chi connectivity index (χ2v) is 5.52. The fourth-order valence-electron chi connectivity index (χ4n) is 2.39. The number of ketones is 1. The summed E-state index contributed by atoms with van der Waals surface area (Å²) in [4.78, 5) is 13.5. The average Bonchev–Trinajstić information content (AvgIpc) is 2.24. The topological polar surface area (TPSA) is 20.3 Å². The highest BCUT2D eigenvalue weighted by molar-refractivity contribution is 5.75. The van der Waals surface area contributed by atoms with E-state index in [1.807, 2.05) is 0 Å². The average molecular weight is 241 g/mol. The van der Waals surface area contributed by atoms with Crippen molar-refractivity contribution < 1.29 is 4.79 Å². The maximum Gasteiger partial charge on any atom is 0.129 e. The van der Waals surface area contributed by atoms with Crippen LogP contribution >= 0.6 is 0 Å². The third kappa shape index (κ3) is 8.37. The van der Waals surface area contributed by atoms with Crippen LogP contribution in [0.1, 0.15) is 66.7 Å². The third-order valence-corrected chi connectivity index (χ3v) is 3.28. The summed E-state index contributed by atoms with van der Waals surface area (Å²) in [5.74, 6) is 1.05. The molecule has 0 saturated carbocycles. The van der Waals surface area contributed by atoms with Crippen LogP contribution in [0.4, 0.5) is 0 Å². The van der Waals surface area contributed by atoms with E-state index in [4.69, 9.17) is 0 Å². The van der Waals surface area contributed by atoms with Gasteiger partial charge in [0.2, 0.25) is 0 Å². The zero-order valence-electron chi connectivity index (χ0n) is 12.5. The van der Waals surface area contributed by atoms with Gasteiger partial charge in [-0.25, -0.2) is 0 Å². The van der Waals surface area contributed by atoms with Crippen LogP contribution in [0.5, 0.6) is 0 Å². The van der Waals surface area contributed by atoms with Crippen molar-refractivity contribution in [3.63, 3.8) is 0 Å². The molecule has 0 rings (SSSR count). The van der Waals surface area contributed by atoms with Gasteiger partial charge in [0.1, 0.15) is 5.78 Å². The molecule has 17 heavy (non-hydrogen) atoms. The minimum atomic E-state index is 0.322. The van der Waals surface area contributed by atoms with Gasteiger partial charge in [-0.15, -0.1) is 0 Å². The number of Topliss-reactive ketones (excluding diaryl/α,β-unsaturated/α-hetero) is 1. The van der Waals surface area contributed by atoms with Crippen LogP contribution < -0.4 is 0 Å². The Bertz CT molecular complexity index is 197. The first-order chi connectivity index (χ1) is 8.01. The summed E-state index contributed by atoms with van der Waals surface area (Å²) in [6, 6.07) is 0.717. The molecule has 0 aromatic heterocycles. The van der Waals surface area contributed by atoms with Gasteiger partial charge in [0.05, 0.1) is 0 Å². The molecule has 0 spiro atoms. The summed E-state index contributed by atoms with van der Waals surface area (Å²) in [6.45, 7) is 13.1. The first-order valence-corrected chi connectivity index (χ1v) is 7.24. The van der Waals surface area contributed by atoms with Gasteiger partial charge in [-0.3, -0.25) is 0 Å². The molecule has 0 saturated heterocycles. The van der Waals surface area contributed by atoms with Crippen molar-refractivity contribution in [2.24, 2.45) is 5.92 Å². The van der Waals surface area contributed by atoms with Gasteiger partial charge in [0.25, 0.3) is 0 Å². The Kier molecular flexibility index (Phi) is 9.43. The molecule has 0 heterocycles. The van der Waals surface area contributed by atoms with Gasteiger partial charge < -0.3 is 9.69 Å². The summed E-state index contributed by atoms with van der Waals surface area (Å²) < 4.78 is 0. The fraction of sp³-hybridized carbons (Fsp3) is 0.933. The number of nitrogens with zero attached hydrogens (tertiary/aromatic N) is 1. The Labute approximate surface area is 108 Å². The van der Waals surface area contributed by atoms with Crippen molar-refractivity contribution in [1.82, 2.24) is 4.90 Å². The highest BCUT2D eigenvalue weighted by Gasteiger charge is 2.15. The molecule has 0 aliphatic rings. The summed E-state index contributed by atoms with van der Waals surface area (Å²) in [6.07, 6.45) is 5.41. The van der Waals surface area contributed by atoms with Crippen molar-refractivity contribution in [1.29, 1.82) is 0 Å². The van der Waals surface area contributed by atoms with Gasteiger partial charge in [0.15, 0.2) is 0 Å². The molecular formula is C15H31NO. The lowest BCUT2D eigenvalue weighted by atomic mass is 10.1. The first-order valence-electron chi connectivity index (χ1n) is 7.24. The summed E-state index contributed by atoms with van der Waals surface area (Å²) in [7, 11) is 0. The van der Waals surface area contributed by atoms with Crippen LogP contribution in [-0.2, 0) is 4.79 Å². The molecule has 0 N–H and O–H groups in total. The Morgan fingerprint density at radius 3 is 2.12 bits per heavy atom. The van der Waals surface area contributed by atoms with Crippen LogP contribution in [0.3, 0.4) is 0 Å². The van der Waals surface area contributed by atoms with E-state index in [0.29, 0.717) is 5.78 Å². The Hall–Kier alpha value is -0.370. The molecule has 0 aromatic carbocycles. The molecule has 2 nitrogen and oxygen atoms in total. The van der Waals surface area contributed by atoms with Gasteiger partial charge >= 0.3 is 0 Å². The van der Waals surface area contributed by atoms with Gasteiger partial charge in [0, 0.05) is 19.0 Å². The second kappa shape index (κ2) is 9.64. The number of rotatable bonds is 10. The van der Waals surface area contributed by atoms with Gasteiger partial charge in [-0.05, 0) is 45.1 Å². The van der Waals surface area contributed by atoms with Crippen molar-refractivity contribution in [3.05, 3.63) is 0 Å². The van der Waals surface area contributed by atoms with Crippen LogP contribution in [0.15, 0.2) is 0 Å². The zero-order valence-corrected chi connectivity index (χ0v) is 12.5. The van der Waals surface area contributed by atoms with E-state index in [1.165, 1.54) is 19.4 Å². The minimum Gasteiger partial charge on any atom is -0.300 e. The van der Waals surface area contributed by atoms with E-state index in [-0.39, 0.29) is 0 Å². The molecule has 0 atom stereocenters. The predicted molar refractivity (Wildman–Crippen MR) is 75.3 cm³/mol. The lowest BCUT2D eigenvalue weighted by Crippen LogP contribution is -2.38. The maximum absolute atomic E-state index is 10.9. The first kappa shape index (κ1) is 16.6. The lowest BCUT2D eigenvalue weighted by molar-refractivity contribution is -0.117. The van der Waals surface area contributed by atoms with Crippen LogP contribution in [0.25, 0.3) is 0 Å². The van der Waals surface area contributed by atoms with Crippen LogP contribution in [-0.4, -0.2) is 29.8 Å². The van der Waals surface area contributed by atoms with Crippen molar-refractivity contribution in [2.45, 2.75) is 72.8 Å². The summed E-state index contributed by atoms with van der Waals surface area (Å²) in [5.41, 5.74) is 0. The van der Waals surface area contributed by atoms with E-state index < -0.39 is 0 Å². The Morgan fingerprint density at radius 2 is 1.71 bits per heavy atom. The predicted octanol–water partition coefficient (Wildman–Crippen LogP) is 3.89. The Balaban J connectivity index is 4.05. The molecule has 0 amide bonds. The van der Waals surface area contributed by atoms with Crippen LogP contribution in [0, 0.1) is 5.92 Å².